The van der Waals surface area contributed by atoms with E-state index in [-0.39, 0.29) is 0 Å². The maximum Gasteiger partial charge on any atom is 0.0671 e. The van der Waals surface area contributed by atoms with Crippen LogP contribution in [0.15, 0.2) is 0 Å². The van der Waals surface area contributed by atoms with Gasteiger partial charge in [0.15, 0.2) is 0 Å². The van der Waals surface area contributed by atoms with E-state index in [0.29, 0.717) is 6.10 Å². The minimum atomic E-state index is 0.386. The summed E-state index contributed by atoms with van der Waals surface area (Å²) in [5.74, 6) is 0.887. The molecule has 1 unspecified atom stereocenters. The molecule has 0 aromatic carbocycles. The van der Waals surface area contributed by atoms with Crippen molar-refractivity contribution in [2.45, 2.75) is 52.1 Å². The molecule has 1 fully saturated rings. The summed E-state index contributed by atoms with van der Waals surface area (Å²) in [6.07, 6.45) is 7.09. The molecule has 0 heterocycles. The van der Waals surface area contributed by atoms with Crippen molar-refractivity contribution in [2.75, 3.05) is 19.7 Å². The molecule has 1 rings (SSSR count). The second-order valence-electron chi connectivity index (χ2n) is 4.50. The van der Waals surface area contributed by atoms with Gasteiger partial charge in [-0.1, -0.05) is 19.8 Å². The molecule has 0 radical (unpaired) electrons. The molecule has 0 amide bonds. The molecule has 0 aromatic rings. The molecule has 1 N–H and O–H groups in total. The maximum absolute atomic E-state index is 5.71. The van der Waals surface area contributed by atoms with E-state index in [0.717, 1.165) is 25.6 Å². The van der Waals surface area contributed by atoms with Crippen LogP contribution in [-0.2, 0) is 4.74 Å². The Morgan fingerprint density at radius 1 is 1.36 bits per heavy atom. The Bertz CT molecular complexity index is 134. The third-order valence-corrected chi connectivity index (χ3v) is 2.70. The van der Waals surface area contributed by atoms with Crippen LogP contribution in [0.25, 0.3) is 0 Å². The van der Waals surface area contributed by atoms with Gasteiger partial charge in [-0.15, -0.1) is 0 Å². The zero-order valence-electron chi connectivity index (χ0n) is 9.72. The van der Waals surface area contributed by atoms with Crippen LogP contribution in [0.2, 0.25) is 0 Å². The van der Waals surface area contributed by atoms with Crippen LogP contribution in [-0.4, -0.2) is 25.8 Å². The summed E-state index contributed by atoms with van der Waals surface area (Å²) in [5.41, 5.74) is 0. The van der Waals surface area contributed by atoms with Crippen molar-refractivity contribution in [3.05, 3.63) is 0 Å². The first kappa shape index (κ1) is 12.0. The molecular formula is C12H25NO. The predicted octanol–water partition coefficient (Wildman–Crippen LogP) is 2.58. The lowest BCUT2D eigenvalue weighted by atomic mass is 10.2. The van der Waals surface area contributed by atoms with Crippen LogP contribution in [0, 0.1) is 5.92 Å². The molecule has 14 heavy (non-hydrogen) atoms. The minimum absolute atomic E-state index is 0.386. The smallest absolute Gasteiger partial charge is 0.0671 e. The van der Waals surface area contributed by atoms with E-state index in [9.17, 15) is 0 Å². The second kappa shape index (κ2) is 7.24. The van der Waals surface area contributed by atoms with Crippen LogP contribution in [0.5, 0.6) is 0 Å². The SMILES string of the molecule is CCCCCNCC(C)OCC1CC1. The topological polar surface area (TPSA) is 21.3 Å². The van der Waals surface area contributed by atoms with Crippen molar-refractivity contribution < 1.29 is 4.74 Å². The molecule has 0 saturated heterocycles. The molecule has 0 aliphatic heterocycles. The lowest BCUT2D eigenvalue weighted by molar-refractivity contribution is 0.0584. The van der Waals surface area contributed by atoms with Gasteiger partial charge in [-0.2, -0.15) is 0 Å². The first-order valence-electron chi connectivity index (χ1n) is 6.15. The lowest BCUT2D eigenvalue weighted by Gasteiger charge is -2.13. The fourth-order valence-corrected chi connectivity index (χ4v) is 1.45. The molecule has 1 saturated carbocycles. The quantitative estimate of drug-likeness (QED) is 0.576. The molecular weight excluding hydrogens is 174 g/mol. The maximum atomic E-state index is 5.71. The van der Waals surface area contributed by atoms with Crippen molar-refractivity contribution in [1.82, 2.24) is 5.32 Å². The minimum Gasteiger partial charge on any atom is -0.377 e. The van der Waals surface area contributed by atoms with E-state index >= 15 is 0 Å². The highest BCUT2D eigenvalue weighted by Crippen LogP contribution is 2.29. The Morgan fingerprint density at radius 3 is 2.79 bits per heavy atom. The molecule has 1 aliphatic rings. The standard InChI is InChI=1S/C12H25NO/c1-3-4-5-8-13-9-11(2)14-10-12-6-7-12/h11-13H,3-10H2,1-2H3. The van der Waals surface area contributed by atoms with Gasteiger partial charge in [0.2, 0.25) is 0 Å². The summed E-state index contributed by atoms with van der Waals surface area (Å²) in [6, 6.07) is 0. The average Bonchev–Trinajstić information content (AvgIpc) is 2.98. The van der Waals surface area contributed by atoms with Crippen molar-refractivity contribution in [2.24, 2.45) is 5.92 Å². The zero-order chi connectivity index (χ0) is 10.2. The van der Waals surface area contributed by atoms with Gasteiger partial charge in [-0.3, -0.25) is 0 Å². The molecule has 0 bridgehead atoms. The summed E-state index contributed by atoms with van der Waals surface area (Å²) in [5, 5.41) is 3.44. The van der Waals surface area contributed by atoms with Crippen LogP contribution in [0.3, 0.4) is 0 Å². The Hall–Kier alpha value is -0.0800. The van der Waals surface area contributed by atoms with Gasteiger partial charge < -0.3 is 10.1 Å². The Kier molecular flexibility index (Phi) is 6.20. The van der Waals surface area contributed by atoms with Crippen LogP contribution in [0.1, 0.15) is 46.0 Å². The van der Waals surface area contributed by atoms with Gasteiger partial charge in [-0.25, -0.2) is 0 Å². The highest BCUT2D eigenvalue weighted by Gasteiger charge is 2.21. The van der Waals surface area contributed by atoms with E-state index < -0.39 is 0 Å². The van der Waals surface area contributed by atoms with E-state index in [2.05, 4.69) is 19.2 Å². The Morgan fingerprint density at radius 2 is 2.14 bits per heavy atom. The summed E-state index contributed by atoms with van der Waals surface area (Å²) in [6.45, 7) is 7.54. The van der Waals surface area contributed by atoms with Gasteiger partial charge in [0.25, 0.3) is 0 Å². The van der Waals surface area contributed by atoms with E-state index in [1.165, 1.54) is 32.1 Å². The summed E-state index contributed by atoms with van der Waals surface area (Å²) in [7, 11) is 0. The number of unbranched alkanes of at least 4 members (excludes halogenated alkanes) is 2. The fraction of sp³-hybridized carbons (Fsp3) is 1.00. The van der Waals surface area contributed by atoms with Crippen molar-refractivity contribution >= 4 is 0 Å². The molecule has 2 heteroatoms. The van der Waals surface area contributed by atoms with Gasteiger partial charge in [0.1, 0.15) is 0 Å². The number of ether oxygens (including phenoxy) is 1. The molecule has 1 atom stereocenters. The molecule has 1 aliphatic carbocycles. The van der Waals surface area contributed by atoms with Gasteiger partial charge in [0.05, 0.1) is 6.10 Å². The van der Waals surface area contributed by atoms with E-state index in [4.69, 9.17) is 4.74 Å². The van der Waals surface area contributed by atoms with Crippen molar-refractivity contribution in [3.63, 3.8) is 0 Å². The van der Waals surface area contributed by atoms with E-state index in [1.54, 1.807) is 0 Å². The molecule has 2 nitrogen and oxygen atoms in total. The largest absolute Gasteiger partial charge is 0.377 e. The first-order chi connectivity index (χ1) is 6.83. The van der Waals surface area contributed by atoms with Gasteiger partial charge >= 0.3 is 0 Å². The first-order valence-corrected chi connectivity index (χ1v) is 6.15. The summed E-state index contributed by atoms with van der Waals surface area (Å²) >= 11 is 0. The van der Waals surface area contributed by atoms with Crippen molar-refractivity contribution in [3.8, 4) is 0 Å². The second-order valence-corrected chi connectivity index (χ2v) is 4.50. The molecule has 84 valence electrons. The van der Waals surface area contributed by atoms with Crippen LogP contribution in [0.4, 0.5) is 0 Å². The summed E-state index contributed by atoms with van der Waals surface area (Å²) < 4.78 is 5.71. The fourth-order valence-electron chi connectivity index (χ4n) is 1.45. The number of hydrogen-bond acceptors (Lipinski definition) is 2. The van der Waals surface area contributed by atoms with Gasteiger partial charge in [0, 0.05) is 13.2 Å². The summed E-state index contributed by atoms with van der Waals surface area (Å²) in [4.78, 5) is 0. The highest BCUT2D eigenvalue weighted by atomic mass is 16.5. The number of nitrogens with one attached hydrogen (secondary N) is 1. The molecule has 0 spiro atoms. The third-order valence-electron chi connectivity index (χ3n) is 2.70. The van der Waals surface area contributed by atoms with Crippen LogP contribution < -0.4 is 5.32 Å². The third kappa shape index (κ3) is 6.39. The predicted molar refractivity (Wildman–Crippen MR) is 60.5 cm³/mol. The number of hydrogen-bond donors (Lipinski definition) is 1. The Balaban J connectivity index is 1.79. The monoisotopic (exact) mass is 199 g/mol. The zero-order valence-corrected chi connectivity index (χ0v) is 9.72. The van der Waals surface area contributed by atoms with Crippen LogP contribution >= 0.6 is 0 Å². The highest BCUT2D eigenvalue weighted by molar-refractivity contribution is 4.72. The number of rotatable bonds is 9. The average molecular weight is 199 g/mol. The van der Waals surface area contributed by atoms with Crippen molar-refractivity contribution in [1.29, 1.82) is 0 Å². The Labute approximate surface area is 88.4 Å². The lowest BCUT2D eigenvalue weighted by Crippen LogP contribution is -2.28. The normalized spacial score (nSPS) is 18.4. The van der Waals surface area contributed by atoms with Gasteiger partial charge in [-0.05, 0) is 38.6 Å². The molecule has 0 aromatic heterocycles. The van der Waals surface area contributed by atoms with E-state index in [1.807, 2.05) is 0 Å².